The van der Waals surface area contributed by atoms with Crippen LogP contribution in [0.1, 0.15) is 36.9 Å². The van der Waals surface area contributed by atoms with Crippen LogP contribution < -0.4 is 9.47 Å². The lowest BCUT2D eigenvalue weighted by Gasteiger charge is -2.26. The first-order valence-corrected chi connectivity index (χ1v) is 11.8. The van der Waals surface area contributed by atoms with Gasteiger partial charge in [0.05, 0.1) is 31.7 Å². The standard InChI is InChI=1S/C27H28FN3O5/c1-3-15-36-21-10-7-19(16-22(21)35-2)24-23(25(32)18-5-8-20(28)9-6-18)26(33)27(34)31(24)13-4-12-30-14-11-29-17-30/h5-11,14,16-17,24,32H,3-4,12-13,15H2,1-2H3/t24-/m1/s1. The van der Waals surface area contributed by atoms with E-state index in [1.54, 1.807) is 30.7 Å². The van der Waals surface area contributed by atoms with Crippen molar-refractivity contribution in [3.63, 3.8) is 0 Å². The van der Waals surface area contributed by atoms with Crippen LogP contribution in [0.2, 0.25) is 0 Å². The van der Waals surface area contributed by atoms with Gasteiger partial charge in [-0.25, -0.2) is 9.37 Å². The summed E-state index contributed by atoms with van der Waals surface area (Å²) in [4.78, 5) is 31.8. The molecule has 0 saturated carbocycles. The van der Waals surface area contributed by atoms with Gasteiger partial charge in [0.25, 0.3) is 11.7 Å². The number of carbonyl (C=O) groups is 2. The molecule has 4 rings (SSSR count). The molecule has 1 aromatic heterocycles. The Hall–Kier alpha value is -4.14. The van der Waals surface area contributed by atoms with Gasteiger partial charge in [-0.15, -0.1) is 0 Å². The quantitative estimate of drug-likeness (QED) is 0.257. The SMILES string of the molecule is CCCOc1ccc([C@@H]2C(=C(O)c3ccc(F)cc3)C(=O)C(=O)N2CCCn2ccnc2)cc1OC. The third-order valence-corrected chi connectivity index (χ3v) is 6.00. The van der Waals surface area contributed by atoms with Gasteiger partial charge < -0.3 is 24.0 Å². The molecule has 0 spiro atoms. The molecule has 1 N–H and O–H groups in total. The van der Waals surface area contributed by atoms with E-state index in [1.165, 1.54) is 36.3 Å². The molecule has 0 aliphatic carbocycles. The maximum atomic E-state index is 13.5. The van der Waals surface area contributed by atoms with Gasteiger partial charge in [-0.05, 0) is 54.8 Å². The summed E-state index contributed by atoms with van der Waals surface area (Å²) < 4.78 is 26.6. The molecule has 8 nitrogen and oxygen atoms in total. The van der Waals surface area contributed by atoms with Gasteiger partial charge in [-0.2, -0.15) is 0 Å². The number of imidazole rings is 1. The van der Waals surface area contributed by atoms with Gasteiger partial charge in [0.1, 0.15) is 11.6 Å². The van der Waals surface area contributed by atoms with Crippen molar-refractivity contribution in [2.45, 2.75) is 32.4 Å². The van der Waals surface area contributed by atoms with Crippen molar-refractivity contribution in [3.8, 4) is 11.5 Å². The number of hydrogen-bond acceptors (Lipinski definition) is 6. The van der Waals surface area contributed by atoms with E-state index in [0.29, 0.717) is 36.6 Å². The van der Waals surface area contributed by atoms with Gasteiger partial charge in [0.15, 0.2) is 11.5 Å². The first-order valence-electron chi connectivity index (χ1n) is 11.8. The number of ketones is 1. The van der Waals surface area contributed by atoms with Crippen molar-refractivity contribution in [1.29, 1.82) is 0 Å². The number of aliphatic hydroxyl groups excluding tert-OH is 1. The Labute approximate surface area is 208 Å². The number of aryl methyl sites for hydroxylation is 1. The van der Waals surface area contributed by atoms with E-state index in [1.807, 2.05) is 17.7 Å². The molecule has 3 aromatic rings. The van der Waals surface area contributed by atoms with E-state index < -0.39 is 23.5 Å². The second-order valence-corrected chi connectivity index (χ2v) is 8.41. The molecule has 1 aliphatic heterocycles. The van der Waals surface area contributed by atoms with Crippen LogP contribution in [0, 0.1) is 5.82 Å². The third-order valence-electron chi connectivity index (χ3n) is 6.00. The predicted molar refractivity (Wildman–Crippen MR) is 131 cm³/mol. The minimum Gasteiger partial charge on any atom is -0.507 e. The van der Waals surface area contributed by atoms with Gasteiger partial charge in [0, 0.05) is 31.0 Å². The van der Waals surface area contributed by atoms with Gasteiger partial charge in [-0.1, -0.05) is 13.0 Å². The van der Waals surface area contributed by atoms with E-state index in [-0.39, 0.29) is 23.4 Å². The molecule has 36 heavy (non-hydrogen) atoms. The van der Waals surface area contributed by atoms with Crippen molar-refractivity contribution < 1.29 is 28.6 Å². The lowest BCUT2D eigenvalue weighted by atomic mass is 9.95. The molecule has 1 amide bonds. The molecule has 0 bridgehead atoms. The number of Topliss-reactive ketones (excluding diaryl/α,β-unsaturated/α-hetero) is 1. The molecule has 188 valence electrons. The number of nitrogens with zero attached hydrogens (tertiary/aromatic N) is 3. The lowest BCUT2D eigenvalue weighted by molar-refractivity contribution is -0.139. The monoisotopic (exact) mass is 493 g/mol. The number of likely N-dealkylation sites (tertiary alicyclic amines) is 1. The molecular weight excluding hydrogens is 465 g/mol. The fourth-order valence-corrected chi connectivity index (χ4v) is 4.25. The summed E-state index contributed by atoms with van der Waals surface area (Å²) in [7, 11) is 1.51. The Morgan fingerprint density at radius 3 is 2.56 bits per heavy atom. The number of aliphatic hydroxyl groups is 1. The van der Waals surface area contributed by atoms with E-state index >= 15 is 0 Å². The summed E-state index contributed by atoms with van der Waals surface area (Å²) in [5, 5.41) is 11.1. The summed E-state index contributed by atoms with van der Waals surface area (Å²) in [6.07, 6.45) is 6.55. The number of hydrogen-bond donors (Lipinski definition) is 1. The molecular formula is C27H28FN3O5. The zero-order valence-electron chi connectivity index (χ0n) is 20.2. The maximum Gasteiger partial charge on any atom is 0.295 e. The molecule has 1 aliphatic rings. The molecule has 1 saturated heterocycles. The topological polar surface area (TPSA) is 93.9 Å². The summed E-state index contributed by atoms with van der Waals surface area (Å²) >= 11 is 0. The smallest absolute Gasteiger partial charge is 0.295 e. The summed E-state index contributed by atoms with van der Waals surface area (Å²) in [5.74, 6) is -1.35. The van der Waals surface area contributed by atoms with E-state index in [4.69, 9.17) is 9.47 Å². The Bertz CT molecular complexity index is 1250. The van der Waals surface area contributed by atoms with E-state index in [0.717, 1.165) is 6.42 Å². The average Bonchev–Trinajstić information content (AvgIpc) is 3.49. The van der Waals surface area contributed by atoms with Gasteiger partial charge in [0.2, 0.25) is 0 Å². The zero-order valence-corrected chi connectivity index (χ0v) is 20.2. The molecule has 0 unspecified atom stereocenters. The maximum absolute atomic E-state index is 13.5. The molecule has 0 radical (unpaired) electrons. The number of halogens is 1. The predicted octanol–water partition coefficient (Wildman–Crippen LogP) is 4.33. The Morgan fingerprint density at radius 1 is 1.11 bits per heavy atom. The lowest BCUT2D eigenvalue weighted by Crippen LogP contribution is -2.31. The highest BCUT2D eigenvalue weighted by molar-refractivity contribution is 6.46. The first kappa shape index (κ1) is 25.0. The number of amides is 1. The molecule has 1 atom stereocenters. The van der Waals surface area contributed by atoms with Crippen LogP contribution >= 0.6 is 0 Å². The van der Waals surface area contributed by atoms with Crippen LogP contribution in [0.15, 0.2) is 66.8 Å². The average molecular weight is 494 g/mol. The Kier molecular flexibility index (Phi) is 7.68. The normalized spacial score (nSPS) is 17.0. The molecule has 2 aromatic carbocycles. The van der Waals surface area contributed by atoms with Crippen molar-refractivity contribution in [3.05, 3.63) is 83.7 Å². The third kappa shape index (κ3) is 5.10. The fraction of sp³-hybridized carbons (Fsp3) is 0.296. The number of ether oxygens (including phenoxy) is 2. The summed E-state index contributed by atoms with van der Waals surface area (Å²) in [6.45, 7) is 3.37. The van der Waals surface area contributed by atoms with Crippen LogP contribution in [0.4, 0.5) is 4.39 Å². The van der Waals surface area contributed by atoms with Gasteiger partial charge >= 0.3 is 0 Å². The van der Waals surface area contributed by atoms with Crippen molar-refractivity contribution in [2.75, 3.05) is 20.3 Å². The number of aromatic nitrogens is 2. The fourth-order valence-electron chi connectivity index (χ4n) is 4.25. The van der Waals surface area contributed by atoms with Crippen LogP contribution in [0.25, 0.3) is 5.76 Å². The number of methoxy groups -OCH3 is 1. The minimum atomic E-state index is -0.855. The van der Waals surface area contributed by atoms with E-state index in [9.17, 15) is 19.1 Å². The Morgan fingerprint density at radius 2 is 1.89 bits per heavy atom. The highest BCUT2D eigenvalue weighted by Gasteiger charge is 2.46. The molecule has 1 fully saturated rings. The number of benzene rings is 2. The summed E-state index contributed by atoms with van der Waals surface area (Å²) in [5.41, 5.74) is 0.771. The number of rotatable bonds is 10. The largest absolute Gasteiger partial charge is 0.507 e. The van der Waals surface area contributed by atoms with Crippen molar-refractivity contribution >= 4 is 17.4 Å². The van der Waals surface area contributed by atoms with Crippen LogP contribution in [-0.4, -0.2) is 51.5 Å². The van der Waals surface area contributed by atoms with Crippen LogP contribution in [-0.2, 0) is 16.1 Å². The van der Waals surface area contributed by atoms with Crippen LogP contribution in [0.3, 0.4) is 0 Å². The van der Waals surface area contributed by atoms with Crippen molar-refractivity contribution in [1.82, 2.24) is 14.5 Å². The van der Waals surface area contributed by atoms with E-state index in [2.05, 4.69) is 4.98 Å². The summed E-state index contributed by atoms with van der Waals surface area (Å²) in [6, 6.07) is 9.46. The highest BCUT2D eigenvalue weighted by Crippen LogP contribution is 2.42. The number of carbonyl (C=O) groups excluding carboxylic acids is 2. The zero-order chi connectivity index (χ0) is 25.7. The van der Waals surface area contributed by atoms with Crippen LogP contribution in [0.5, 0.6) is 11.5 Å². The molecule has 2 heterocycles. The van der Waals surface area contributed by atoms with Crippen molar-refractivity contribution in [2.24, 2.45) is 0 Å². The Balaban J connectivity index is 1.75. The minimum absolute atomic E-state index is 0.0569. The highest BCUT2D eigenvalue weighted by atomic mass is 19.1. The second-order valence-electron chi connectivity index (χ2n) is 8.41. The second kappa shape index (κ2) is 11.1. The molecule has 9 heteroatoms. The van der Waals surface area contributed by atoms with Gasteiger partial charge in [-0.3, -0.25) is 9.59 Å². The first-order chi connectivity index (χ1) is 17.4.